The summed E-state index contributed by atoms with van der Waals surface area (Å²) in [7, 11) is 0. The largest absolute Gasteiger partial charge is 0.491 e. The first kappa shape index (κ1) is 24.8. The minimum Gasteiger partial charge on any atom is -0.491 e. The van der Waals surface area contributed by atoms with E-state index in [0.29, 0.717) is 5.75 Å². The van der Waals surface area contributed by atoms with Crippen LogP contribution in [0, 0.1) is 0 Å². The molecule has 0 spiro atoms. The van der Waals surface area contributed by atoms with Gasteiger partial charge < -0.3 is 19.3 Å². The van der Waals surface area contributed by atoms with Gasteiger partial charge in [-0.05, 0) is 30.3 Å². The van der Waals surface area contributed by atoms with Gasteiger partial charge in [0.15, 0.2) is 5.75 Å². The zero-order valence-electron chi connectivity index (χ0n) is 15.1. The standard InChI is InChI=1S/C19H15Cl4F3O4/c20-15-7-14(28-6-5-17(22)23)8-16(21)18(15)30-10-12(27)9-29-13-3-1-11(2-4-13)19(24,25)26/h1-5,7-8,12,27H,6,9-10H2. The fraction of sp³-hybridized carbons (Fsp3) is 0.263. The number of ether oxygens (including phenoxy) is 3. The first-order valence-corrected chi connectivity index (χ1v) is 9.81. The third kappa shape index (κ3) is 7.96. The second-order valence-electron chi connectivity index (χ2n) is 5.82. The zero-order chi connectivity index (χ0) is 22.3. The van der Waals surface area contributed by atoms with Crippen molar-refractivity contribution in [2.45, 2.75) is 12.3 Å². The molecule has 0 aromatic heterocycles. The molecule has 0 bridgehead atoms. The monoisotopic (exact) mass is 504 g/mol. The lowest BCUT2D eigenvalue weighted by atomic mass is 10.2. The van der Waals surface area contributed by atoms with E-state index in [2.05, 4.69) is 0 Å². The summed E-state index contributed by atoms with van der Waals surface area (Å²) >= 11 is 23.2. The molecule has 2 aromatic rings. The van der Waals surface area contributed by atoms with Crippen LogP contribution in [0.5, 0.6) is 17.2 Å². The third-order valence-corrected chi connectivity index (χ3v) is 4.37. The Morgan fingerprint density at radius 2 is 1.50 bits per heavy atom. The molecule has 0 fully saturated rings. The van der Waals surface area contributed by atoms with Crippen LogP contribution in [0.1, 0.15) is 5.56 Å². The van der Waals surface area contributed by atoms with E-state index in [0.717, 1.165) is 24.3 Å². The second-order valence-corrected chi connectivity index (χ2v) is 7.64. The number of benzene rings is 2. The minimum atomic E-state index is -4.43. The number of rotatable bonds is 9. The molecule has 4 nitrogen and oxygen atoms in total. The summed E-state index contributed by atoms with van der Waals surface area (Å²) in [5, 5.41) is 10.3. The van der Waals surface area contributed by atoms with Crippen LogP contribution in [0.2, 0.25) is 10.0 Å². The van der Waals surface area contributed by atoms with Gasteiger partial charge in [-0.2, -0.15) is 13.2 Å². The topological polar surface area (TPSA) is 47.9 Å². The Hall–Kier alpha value is -1.51. The highest BCUT2D eigenvalue weighted by atomic mass is 35.5. The quantitative estimate of drug-likeness (QED) is 0.421. The van der Waals surface area contributed by atoms with Crippen molar-refractivity contribution in [3.05, 3.63) is 62.6 Å². The molecule has 0 aliphatic rings. The van der Waals surface area contributed by atoms with Gasteiger partial charge in [0.25, 0.3) is 0 Å². The molecule has 0 heterocycles. The lowest BCUT2D eigenvalue weighted by molar-refractivity contribution is -0.137. The molecule has 11 heteroatoms. The molecule has 1 atom stereocenters. The van der Waals surface area contributed by atoms with Crippen LogP contribution in [0.25, 0.3) is 0 Å². The van der Waals surface area contributed by atoms with E-state index in [4.69, 9.17) is 60.6 Å². The zero-order valence-corrected chi connectivity index (χ0v) is 18.1. The van der Waals surface area contributed by atoms with Crippen molar-refractivity contribution >= 4 is 46.4 Å². The number of hydrogen-bond donors (Lipinski definition) is 1. The molecule has 164 valence electrons. The summed E-state index contributed by atoms with van der Waals surface area (Å²) in [4.78, 5) is 0. The SMILES string of the molecule is OC(COc1ccc(C(F)(F)F)cc1)COc1c(Cl)cc(OCC=C(Cl)Cl)cc1Cl. The van der Waals surface area contributed by atoms with E-state index < -0.39 is 17.8 Å². The van der Waals surface area contributed by atoms with E-state index in [9.17, 15) is 18.3 Å². The van der Waals surface area contributed by atoms with Crippen LogP contribution < -0.4 is 14.2 Å². The molecule has 1 unspecified atom stereocenters. The van der Waals surface area contributed by atoms with E-state index in [1.54, 1.807) is 0 Å². The van der Waals surface area contributed by atoms with E-state index >= 15 is 0 Å². The van der Waals surface area contributed by atoms with Crippen molar-refractivity contribution in [3.8, 4) is 17.2 Å². The lowest BCUT2D eigenvalue weighted by Gasteiger charge is -2.16. The summed E-state index contributed by atoms with van der Waals surface area (Å²) in [6, 6.07) is 7.02. The van der Waals surface area contributed by atoms with Gasteiger partial charge in [0.05, 0.1) is 15.6 Å². The number of alkyl halides is 3. The van der Waals surface area contributed by atoms with E-state index in [-0.39, 0.29) is 45.9 Å². The van der Waals surface area contributed by atoms with Crippen LogP contribution in [-0.2, 0) is 6.18 Å². The van der Waals surface area contributed by atoms with Gasteiger partial charge in [-0.3, -0.25) is 0 Å². The first-order chi connectivity index (χ1) is 14.1. The Morgan fingerprint density at radius 3 is 2.03 bits per heavy atom. The Bertz CT molecular complexity index is 846. The average molecular weight is 506 g/mol. The first-order valence-electron chi connectivity index (χ1n) is 8.30. The lowest BCUT2D eigenvalue weighted by Crippen LogP contribution is -2.25. The van der Waals surface area contributed by atoms with Gasteiger partial charge in [0.2, 0.25) is 0 Å². The normalized spacial score (nSPS) is 12.3. The van der Waals surface area contributed by atoms with Crippen molar-refractivity contribution in [3.63, 3.8) is 0 Å². The van der Waals surface area contributed by atoms with E-state index in [1.165, 1.54) is 18.2 Å². The summed E-state index contributed by atoms with van der Waals surface area (Å²) < 4.78 is 53.7. The summed E-state index contributed by atoms with van der Waals surface area (Å²) in [6.45, 7) is -0.326. The molecule has 1 N–H and O–H groups in total. The van der Waals surface area contributed by atoms with Crippen LogP contribution >= 0.6 is 46.4 Å². The third-order valence-electron chi connectivity index (χ3n) is 3.50. The molecule has 2 rings (SSSR count). The van der Waals surface area contributed by atoms with Crippen molar-refractivity contribution in [1.29, 1.82) is 0 Å². The number of aliphatic hydroxyl groups is 1. The fourth-order valence-electron chi connectivity index (χ4n) is 2.12. The van der Waals surface area contributed by atoms with Crippen molar-refractivity contribution in [1.82, 2.24) is 0 Å². The van der Waals surface area contributed by atoms with Gasteiger partial charge in [-0.25, -0.2) is 0 Å². The van der Waals surface area contributed by atoms with Gasteiger partial charge >= 0.3 is 6.18 Å². The van der Waals surface area contributed by atoms with E-state index in [1.807, 2.05) is 0 Å². The van der Waals surface area contributed by atoms with Crippen molar-refractivity contribution in [2.75, 3.05) is 19.8 Å². The molecule has 0 aliphatic carbocycles. The molecule has 0 saturated heterocycles. The second kappa shape index (κ2) is 11.2. The predicted octanol–water partition coefficient (Wildman–Crippen LogP) is 6.53. The Balaban J connectivity index is 1.86. The maximum absolute atomic E-state index is 12.5. The Morgan fingerprint density at radius 1 is 0.933 bits per heavy atom. The van der Waals surface area contributed by atoms with Crippen LogP contribution in [0.4, 0.5) is 13.2 Å². The van der Waals surface area contributed by atoms with Gasteiger partial charge in [-0.1, -0.05) is 46.4 Å². The fourth-order valence-corrected chi connectivity index (χ4v) is 2.82. The van der Waals surface area contributed by atoms with Gasteiger partial charge in [0, 0.05) is 12.1 Å². The highest BCUT2D eigenvalue weighted by Gasteiger charge is 2.30. The molecule has 30 heavy (non-hydrogen) atoms. The molecular weight excluding hydrogens is 491 g/mol. The van der Waals surface area contributed by atoms with Gasteiger partial charge in [-0.15, -0.1) is 0 Å². The number of hydrogen-bond acceptors (Lipinski definition) is 4. The molecule has 0 radical (unpaired) electrons. The maximum Gasteiger partial charge on any atom is 0.416 e. The average Bonchev–Trinajstić information content (AvgIpc) is 2.65. The summed E-state index contributed by atoms with van der Waals surface area (Å²) in [5.41, 5.74) is -0.794. The summed E-state index contributed by atoms with van der Waals surface area (Å²) in [6.07, 6.45) is -4.09. The highest BCUT2D eigenvalue weighted by molar-refractivity contribution is 6.55. The van der Waals surface area contributed by atoms with Crippen LogP contribution in [0.3, 0.4) is 0 Å². The molecule has 0 amide bonds. The molecular formula is C19H15Cl4F3O4. The van der Waals surface area contributed by atoms with Crippen LogP contribution in [0.15, 0.2) is 47.0 Å². The van der Waals surface area contributed by atoms with Crippen molar-refractivity contribution < 1.29 is 32.5 Å². The highest BCUT2D eigenvalue weighted by Crippen LogP contribution is 2.37. The van der Waals surface area contributed by atoms with Crippen molar-refractivity contribution in [2.24, 2.45) is 0 Å². The van der Waals surface area contributed by atoms with Crippen LogP contribution in [-0.4, -0.2) is 31.0 Å². The molecule has 0 aliphatic heterocycles. The minimum absolute atomic E-state index is 0.0552. The molecule has 2 aromatic carbocycles. The molecule has 0 saturated carbocycles. The Kier molecular flexibility index (Phi) is 9.25. The maximum atomic E-state index is 12.5. The smallest absolute Gasteiger partial charge is 0.416 e. The predicted molar refractivity (Wildman–Crippen MR) is 110 cm³/mol. The number of aliphatic hydroxyl groups excluding tert-OH is 1. The number of halogens is 7. The Labute approximate surface area is 190 Å². The van der Waals surface area contributed by atoms with Gasteiger partial charge in [0.1, 0.15) is 41.9 Å². The summed E-state index contributed by atoms with van der Waals surface area (Å²) in [5.74, 6) is 0.658.